The van der Waals surface area contributed by atoms with Crippen LogP contribution in [-0.4, -0.2) is 41.3 Å². The van der Waals surface area contributed by atoms with Crippen LogP contribution in [0.15, 0.2) is 42.7 Å². The van der Waals surface area contributed by atoms with Crippen molar-refractivity contribution in [2.75, 3.05) is 31.1 Å². The van der Waals surface area contributed by atoms with Crippen LogP contribution in [0.25, 0.3) is 17.3 Å². The van der Waals surface area contributed by atoms with Gasteiger partial charge in [0.2, 0.25) is 0 Å². The van der Waals surface area contributed by atoms with Gasteiger partial charge in [-0.05, 0) is 55.3 Å². The molecule has 1 aromatic carbocycles. The predicted octanol–water partition coefficient (Wildman–Crippen LogP) is 3.88. The topological polar surface area (TPSA) is 49.6 Å². The minimum atomic E-state index is 0.145. The standard InChI is InChI=1S/C24H28N4O/c1-4-23(29)22(20-6-8-24-26-18(3)15-28(24)16-20)14-19-5-7-21(13-17(19)2)27-11-9-25-10-12-27/h5-8,13-16,25H,4,9-12H2,1-3H3/b22-14-. The first-order valence-electron chi connectivity index (χ1n) is 10.3. The number of fused-ring (bicyclic) bond motifs is 1. The van der Waals surface area contributed by atoms with Crippen LogP contribution in [0.3, 0.4) is 0 Å². The number of ketones is 1. The fourth-order valence-corrected chi connectivity index (χ4v) is 3.89. The van der Waals surface area contributed by atoms with Gasteiger partial charge in [-0.3, -0.25) is 4.79 Å². The first-order valence-corrected chi connectivity index (χ1v) is 10.3. The number of imidazole rings is 1. The summed E-state index contributed by atoms with van der Waals surface area (Å²) >= 11 is 0. The van der Waals surface area contributed by atoms with Crippen LogP contribution >= 0.6 is 0 Å². The van der Waals surface area contributed by atoms with Crippen molar-refractivity contribution in [1.82, 2.24) is 14.7 Å². The van der Waals surface area contributed by atoms with E-state index in [1.165, 1.54) is 11.3 Å². The average Bonchev–Trinajstić information content (AvgIpc) is 3.12. The number of Topliss-reactive ketones (excluding diaryl/α,β-unsaturated/α-hetero) is 1. The van der Waals surface area contributed by atoms with Crippen molar-refractivity contribution in [3.8, 4) is 0 Å². The van der Waals surface area contributed by atoms with E-state index in [1.807, 2.05) is 48.9 Å². The second kappa shape index (κ2) is 8.21. The van der Waals surface area contributed by atoms with Crippen LogP contribution < -0.4 is 10.2 Å². The smallest absolute Gasteiger partial charge is 0.163 e. The van der Waals surface area contributed by atoms with Crippen LogP contribution in [0, 0.1) is 13.8 Å². The van der Waals surface area contributed by atoms with E-state index >= 15 is 0 Å². The van der Waals surface area contributed by atoms with Crippen LogP contribution in [0.4, 0.5) is 5.69 Å². The number of rotatable bonds is 5. The minimum Gasteiger partial charge on any atom is -0.369 e. The fourth-order valence-electron chi connectivity index (χ4n) is 3.89. The van der Waals surface area contributed by atoms with E-state index in [1.54, 1.807) is 0 Å². The summed E-state index contributed by atoms with van der Waals surface area (Å²) in [5.74, 6) is 0.145. The molecule has 1 saturated heterocycles. The number of anilines is 1. The number of hydrogen-bond donors (Lipinski definition) is 1. The summed E-state index contributed by atoms with van der Waals surface area (Å²) in [7, 11) is 0. The maximum atomic E-state index is 12.8. The van der Waals surface area contributed by atoms with Gasteiger partial charge in [-0.1, -0.05) is 13.0 Å². The average molecular weight is 389 g/mol. The van der Waals surface area contributed by atoms with E-state index in [0.29, 0.717) is 6.42 Å². The van der Waals surface area contributed by atoms with Crippen molar-refractivity contribution >= 4 is 28.8 Å². The summed E-state index contributed by atoms with van der Waals surface area (Å²) in [5, 5.41) is 3.39. The molecule has 3 heterocycles. The largest absolute Gasteiger partial charge is 0.369 e. The summed E-state index contributed by atoms with van der Waals surface area (Å²) in [5.41, 5.74) is 7.05. The lowest BCUT2D eigenvalue weighted by atomic mass is 9.97. The zero-order chi connectivity index (χ0) is 20.4. The van der Waals surface area contributed by atoms with Crippen LogP contribution in [0.1, 0.15) is 35.7 Å². The highest BCUT2D eigenvalue weighted by molar-refractivity contribution is 6.25. The molecule has 0 saturated carbocycles. The Labute approximate surface area is 172 Å². The van der Waals surface area contributed by atoms with Gasteiger partial charge in [0.05, 0.1) is 5.69 Å². The van der Waals surface area contributed by atoms with E-state index in [4.69, 9.17) is 0 Å². The highest BCUT2D eigenvalue weighted by Gasteiger charge is 2.14. The number of aryl methyl sites for hydroxylation is 2. The molecule has 5 nitrogen and oxygen atoms in total. The van der Waals surface area contributed by atoms with Gasteiger partial charge < -0.3 is 14.6 Å². The molecular formula is C24H28N4O. The molecular weight excluding hydrogens is 360 g/mol. The van der Waals surface area contributed by atoms with Gasteiger partial charge in [0.25, 0.3) is 0 Å². The van der Waals surface area contributed by atoms with Crippen molar-refractivity contribution < 1.29 is 4.79 Å². The molecule has 0 atom stereocenters. The van der Waals surface area contributed by atoms with Gasteiger partial charge in [-0.15, -0.1) is 0 Å². The second-order valence-corrected chi connectivity index (χ2v) is 7.68. The molecule has 0 bridgehead atoms. The molecule has 4 rings (SSSR count). The molecule has 0 spiro atoms. The molecule has 0 radical (unpaired) electrons. The quantitative estimate of drug-likeness (QED) is 0.674. The Balaban J connectivity index is 1.71. The van der Waals surface area contributed by atoms with E-state index in [9.17, 15) is 4.79 Å². The molecule has 0 amide bonds. The number of allylic oxidation sites excluding steroid dienone is 1. The molecule has 1 aliphatic heterocycles. The molecule has 3 aromatic rings. The Morgan fingerprint density at radius 3 is 2.66 bits per heavy atom. The lowest BCUT2D eigenvalue weighted by molar-refractivity contribution is -0.113. The third-order valence-corrected chi connectivity index (χ3v) is 5.54. The zero-order valence-corrected chi connectivity index (χ0v) is 17.4. The van der Waals surface area contributed by atoms with Crippen molar-refractivity contribution in [3.63, 3.8) is 0 Å². The number of pyridine rings is 1. The molecule has 5 heteroatoms. The number of benzene rings is 1. The van der Waals surface area contributed by atoms with Gasteiger partial charge in [0.1, 0.15) is 5.65 Å². The molecule has 2 aromatic heterocycles. The van der Waals surface area contributed by atoms with E-state index in [-0.39, 0.29) is 5.78 Å². The van der Waals surface area contributed by atoms with E-state index in [2.05, 4.69) is 40.3 Å². The van der Waals surface area contributed by atoms with E-state index < -0.39 is 0 Å². The number of carbonyl (C=O) groups excluding carboxylic acids is 1. The molecule has 29 heavy (non-hydrogen) atoms. The summed E-state index contributed by atoms with van der Waals surface area (Å²) in [4.78, 5) is 19.7. The molecule has 1 aliphatic rings. The number of nitrogens with one attached hydrogen (secondary N) is 1. The number of nitrogens with zero attached hydrogens (tertiary/aromatic N) is 3. The number of hydrogen-bond acceptors (Lipinski definition) is 4. The zero-order valence-electron chi connectivity index (χ0n) is 17.4. The number of piperazine rings is 1. The highest BCUT2D eigenvalue weighted by atomic mass is 16.1. The van der Waals surface area contributed by atoms with Crippen LogP contribution in [0.2, 0.25) is 0 Å². The molecule has 0 aliphatic carbocycles. The lowest BCUT2D eigenvalue weighted by Gasteiger charge is -2.29. The second-order valence-electron chi connectivity index (χ2n) is 7.68. The van der Waals surface area contributed by atoms with Gasteiger partial charge >= 0.3 is 0 Å². The fraction of sp³-hybridized carbons (Fsp3) is 0.333. The predicted molar refractivity (Wildman–Crippen MR) is 119 cm³/mol. The maximum absolute atomic E-state index is 12.8. The van der Waals surface area contributed by atoms with Crippen LogP contribution in [0.5, 0.6) is 0 Å². The Kier molecular flexibility index (Phi) is 5.49. The third kappa shape index (κ3) is 4.10. The number of aromatic nitrogens is 2. The van der Waals surface area contributed by atoms with Crippen molar-refractivity contribution in [2.24, 2.45) is 0 Å². The summed E-state index contributed by atoms with van der Waals surface area (Å²) in [6.45, 7) is 10.1. The lowest BCUT2D eigenvalue weighted by Crippen LogP contribution is -2.43. The number of carbonyl (C=O) groups is 1. The molecule has 0 unspecified atom stereocenters. The SMILES string of the molecule is CCC(=O)/C(=C\c1ccc(N2CCNCC2)cc1C)c1ccc2nc(C)cn2c1. The Bertz CT molecular complexity index is 1070. The monoisotopic (exact) mass is 388 g/mol. The molecule has 1 fully saturated rings. The summed E-state index contributed by atoms with van der Waals surface area (Å²) < 4.78 is 1.99. The first kappa shape index (κ1) is 19.4. The Hall–Kier alpha value is -2.92. The Morgan fingerprint density at radius 2 is 1.93 bits per heavy atom. The molecule has 150 valence electrons. The van der Waals surface area contributed by atoms with Gasteiger partial charge in [-0.25, -0.2) is 4.98 Å². The van der Waals surface area contributed by atoms with Gasteiger partial charge in [0, 0.05) is 61.8 Å². The highest BCUT2D eigenvalue weighted by Crippen LogP contribution is 2.26. The molecule has 1 N–H and O–H groups in total. The van der Waals surface area contributed by atoms with Crippen molar-refractivity contribution in [3.05, 3.63) is 65.1 Å². The summed E-state index contributed by atoms with van der Waals surface area (Å²) in [6, 6.07) is 10.5. The normalized spacial score (nSPS) is 15.1. The van der Waals surface area contributed by atoms with Crippen LogP contribution in [-0.2, 0) is 4.79 Å². The van der Waals surface area contributed by atoms with E-state index in [0.717, 1.165) is 54.2 Å². The van der Waals surface area contributed by atoms with Crippen molar-refractivity contribution in [1.29, 1.82) is 0 Å². The maximum Gasteiger partial charge on any atom is 0.163 e. The summed E-state index contributed by atoms with van der Waals surface area (Å²) in [6.07, 6.45) is 6.50. The third-order valence-electron chi connectivity index (χ3n) is 5.54. The Morgan fingerprint density at radius 1 is 1.14 bits per heavy atom. The van der Waals surface area contributed by atoms with Crippen molar-refractivity contribution in [2.45, 2.75) is 27.2 Å². The first-order chi connectivity index (χ1) is 14.0. The minimum absolute atomic E-state index is 0.145. The van der Waals surface area contributed by atoms with Gasteiger partial charge in [-0.2, -0.15) is 0 Å². The van der Waals surface area contributed by atoms with Gasteiger partial charge in [0.15, 0.2) is 5.78 Å².